The smallest absolute Gasteiger partial charge is 0.341 e. The lowest BCUT2D eigenvalue weighted by Crippen LogP contribution is -2.25. The molecule has 0 saturated heterocycles. The largest absolute Gasteiger partial charge is 0.477 e. The van der Waals surface area contributed by atoms with Gasteiger partial charge >= 0.3 is 11.9 Å². The summed E-state index contributed by atoms with van der Waals surface area (Å²) in [6, 6.07) is 1.63. The molecule has 1 aromatic carbocycles. The predicted molar refractivity (Wildman–Crippen MR) is 62.9 cm³/mol. The average molecular weight is 272 g/mol. The summed E-state index contributed by atoms with van der Waals surface area (Å²) in [4.78, 5) is 22.1. The first-order valence-corrected chi connectivity index (χ1v) is 5.53. The van der Waals surface area contributed by atoms with Crippen molar-refractivity contribution in [1.29, 1.82) is 0 Å². The number of hydrogen-bond donors (Lipinski definition) is 1. The van der Waals surface area contributed by atoms with E-state index in [1.165, 1.54) is 0 Å². The number of ether oxygens (including phenoxy) is 1. The van der Waals surface area contributed by atoms with Crippen LogP contribution in [0.5, 0.6) is 0 Å². The van der Waals surface area contributed by atoms with Crippen LogP contribution in [0.25, 0.3) is 0 Å². The summed E-state index contributed by atoms with van der Waals surface area (Å²) in [6.45, 7) is 5.00. The van der Waals surface area contributed by atoms with E-state index >= 15 is 0 Å². The zero-order chi connectivity index (χ0) is 14.8. The minimum atomic E-state index is -1.70. The third kappa shape index (κ3) is 4.31. The van der Waals surface area contributed by atoms with Gasteiger partial charge in [0.05, 0.1) is 6.42 Å². The van der Waals surface area contributed by atoms with Crippen LogP contribution in [0.4, 0.5) is 8.78 Å². The van der Waals surface area contributed by atoms with Crippen molar-refractivity contribution in [2.24, 2.45) is 0 Å². The number of hydrogen-bond acceptors (Lipinski definition) is 3. The SMILES string of the molecule is CC(C)(C)OC(=O)Cc1cc(F)c(C(=O)O)c(F)c1. The Morgan fingerprint density at radius 2 is 1.68 bits per heavy atom. The quantitative estimate of drug-likeness (QED) is 0.859. The number of carboxylic acids is 1. The summed E-state index contributed by atoms with van der Waals surface area (Å²) in [5.74, 6) is -4.77. The highest BCUT2D eigenvalue weighted by molar-refractivity contribution is 5.88. The molecule has 0 aliphatic heterocycles. The van der Waals surface area contributed by atoms with Crippen LogP contribution in [0.3, 0.4) is 0 Å². The summed E-state index contributed by atoms with van der Waals surface area (Å²) in [6.07, 6.45) is -0.328. The molecule has 0 aliphatic carbocycles. The van der Waals surface area contributed by atoms with E-state index < -0.39 is 34.7 Å². The van der Waals surface area contributed by atoms with Crippen LogP contribution in [0, 0.1) is 11.6 Å². The second kappa shape index (κ2) is 5.34. The van der Waals surface area contributed by atoms with Crippen LogP contribution >= 0.6 is 0 Å². The number of halogens is 2. The van der Waals surface area contributed by atoms with E-state index in [2.05, 4.69) is 0 Å². The fourth-order valence-electron chi connectivity index (χ4n) is 1.48. The van der Waals surface area contributed by atoms with Crippen molar-refractivity contribution in [2.75, 3.05) is 0 Å². The summed E-state index contributed by atoms with van der Waals surface area (Å²) in [7, 11) is 0. The fourth-order valence-corrected chi connectivity index (χ4v) is 1.48. The number of aromatic carboxylic acids is 1. The number of esters is 1. The van der Waals surface area contributed by atoms with Gasteiger partial charge in [-0.05, 0) is 38.5 Å². The molecule has 0 heterocycles. The van der Waals surface area contributed by atoms with E-state index in [-0.39, 0.29) is 12.0 Å². The maximum Gasteiger partial charge on any atom is 0.341 e. The van der Waals surface area contributed by atoms with Crippen LogP contribution in [0.1, 0.15) is 36.7 Å². The van der Waals surface area contributed by atoms with Crippen molar-refractivity contribution >= 4 is 11.9 Å². The van der Waals surface area contributed by atoms with Gasteiger partial charge in [-0.25, -0.2) is 13.6 Å². The molecule has 0 bridgehead atoms. The highest BCUT2D eigenvalue weighted by atomic mass is 19.1. The van der Waals surface area contributed by atoms with E-state index in [0.717, 1.165) is 12.1 Å². The standard InChI is InChI=1S/C13H14F2O4/c1-13(2,3)19-10(16)6-7-4-8(14)11(12(17)18)9(15)5-7/h4-5H,6H2,1-3H3,(H,17,18). The number of carboxylic acid groups (broad SMARTS) is 1. The second-order valence-electron chi connectivity index (χ2n) is 5.00. The van der Waals surface area contributed by atoms with Crippen LogP contribution in [-0.4, -0.2) is 22.6 Å². The Morgan fingerprint density at radius 3 is 2.05 bits per heavy atom. The molecule has 0 unspecified atom stereocenters. The third-order valence-corrected chi connectivity index (χ3v) is 2.08. The number of rotatable bonds is 3. The predicted octanol–water partition coefficient (Wildman–Crippen LogP) is 2.55. The molecule has 6 heteroatoms. The first kappa shape index (κ1) is 15.1. The van der Waals surface area contributed by atoms with Gasteiger partial charge in [-0.3, -0.25) is 4.79 Å². The molecule has 0 radical (unpaired) electrons. The fraction of sp³-hybridized carbons (Fsp3) is 0.385. The van der Waals surface area contributed by atoms with Crippen molar-refractivity contribution in [3.05, 3.63) is 34.9 Å². The van der Waals surface area contributed by atoms with Crippen molar-refractivity contribution in [3.8, 4) is 0 Å². The molecule has 1 rings (SSSR count). The van der Waals surface area contributed by atoms with Crippen molar-refractivity contribution < 1.29 is 28.2 Å². The van der Waals surface area contributed by atoms with Crippen molar-refractivity contribution in [1.82, 2.24) is 0 Å². The normalized spacial score (nSPS) is 11.2. The van der Waals surface area contributed by atoms with Crippen molar-refractivity contribution in [3.63, 3.8) is 0 Å². The Labute approximate surface area is 109 Å². The Balaban J connectivity index is 2.93. The molecule has 0 aromatic heterocycles. The topological polar surface area (TPSA) is 63.6 Å². The minimum absolute atomic E-state index is 0.0225. The van der Waals surface area contributed by atoms with Gasteiger partial charge in [0.25, 0.3) is 0 Å². The zero-order valence-corrected chi connectivity index (χ0v) is 10.8. The molecule has 19 heavy (non-hydrogen) atoms. The van der Waals surface area contributed by atoms with Gasteiger partial charge in [0.1, 0.15) is 22.8 Å². The van der Waals surface area contributed by atoms with Gasteiger partial charge < -0.3 is 9.84 Å². The number of carbonyl (C=O) groups is 2. The zero-order valence-electron chi connectivity index (χ0n) is 10.8. The maximum atomic E-state index is 13.4. The van der Waals surface area contributed by atoms with Gasteiger partial charge in [-0.2, -0.15) is 0 Å². The molecule has 1 aromatic rings. The van der Waals surface area contributed by atoms with E-state index in [4.69, 9.17) is 9.84 Å². The molecular weight excluding hydrogens is 258 g/mol. The van der Waals surface area contributed by atoms with Gasteiger partial charge in [0.2, 0.25) is 0 Å². The molecular formula is C13H14F2O4. The Hall–Kier alpha value is -1.98. The molecule has 0 atom stereocenters. The van der Waals surface area contributed by atoms with E-state index in [1.54, 1.807) is 20.8 Å². The van der Waals surface area contributed by atoms with Gasteiger partial charge in [-0.1, -0.05) is 0 Å². The Kier molecular flexibility index (Phi) is 4.24. The Bertz CT molecular complexity index is 495. The molecule has 1 N–H and O–H groups in total. The monoisotopic (exact) mass is 272 g/mol. The molecule has 0 spiro atoms. The molecule has 0 aliphatic rings. The maximum absolute atomic E-state index is 13.4. The van der Waals surface area contributed by atoms with Gasteiger partial charge in [0, 0.05) is 0 Å². The first-order valence-electron chi connectivity index (χ1n) is 5.53. The summed E-state index contributed by atoms with van der Waals surface area (Å²) >= 11 is 0. The van der Waals surface area contributed by atoms with E-state index in [9.17, 15) is 18.4 Å². The second-order valence-corrected chi connectivity index (χ2v) is 5.00. The molecule has 0 amide bonds. The van der Waals surface area contributed by atoms with Crippen LogP contribution < -0.4 is 0 Å². The lowest BCUT2D eigenvalue weighted by molar-refractivity contribution is -0.153. The van der Waals surface area contributed by atoms with Crippen LogP contribution in [0.15, 0.2) is 12.1 Å². The van der Waals surface area contributed by atoms with Crippen molar-refractivity contribution in [2.45, 2.75) is 32.8 Å². The minimum Gasteiger partial charge on any atom is -0.477 e. The summed E-state index contributed by atoms with van der Waals surface area (Å²) in [5.41, 5.74) is -1.71. The van der Waals surface area contributed by atoms with Gasteiger partial charge in [-0.15, -0.1) is 0 Å². The number of benzene rings is 1. The first-order chi connectivity index (χ1) is 8.60. The molecule has 0 fully saturated rings. The molecule has 0 saturated carbocycles. The summed E-state index contributed by atoms with van der Waals surface area (Å²) in [5, 5.41) is 8.60. The Morgan fingerprint density at radius 1 is 1.21 bits per heavy atom. The summed E-state index contributed by atoms with van der Waals surface area (Å²) < 4.78 is 31.8. The van der Waals surface area contributed by atoms with Crippen LogP contribution in [-0.2, 0) is 16.0 Å². The lowest BCUT2D eigenvalue weighted by atomic mass is 10.1. The molecule has 104 valence electrons. The lowest BCUT2D eigenvalue weighted by Gasteiger charge is -2.19. The van der Waals surface area contributed by atoms with E-state index in [0.29, 0.717) is 0 Å². The molecule has 4 nitrogen and oxygen atoms in total. The highest BCUT2D eigenvalue weighted by Crippen LogP contribution is 2.17. The third-order valence-electron chi connectivity index (χ3n) is 2.08. The van der Waals surface area contributed by atoms with Crippen LogP contribution in [0.2, 0.25) is 0 Å². The van der Waals surface area contributed by atoms with Gasteiger partial charge in [0.15, 0.2) is 0 Å². The average Bonchev–Trinajstić information content (AvgIpc) is 2.10. The number of carbonyl (C=O) groups excluding carboxylic acids is 1. The highest BCUT2D eigenvalue weighted by Gasteiger charge is 2.20. The van der Waals surface area contributed by atoms with E-state index in [1.807, 2.05) is 0 Å².